The van der Waals surface area contributed by atoms with Crippen LogP contribution in [0.15, 0.2) is 48.5 Å². The zero-order valence-electron chi connectivity index (χ0n) is 12.7. The average molecular weight is 322 g/mol. The van der Waals surface area contributed by atoms with Crippen LogP contribution in [0.2, 0.25) is 0 Å². The van der Waals surface area contributed by atoms with Gasteiger partial charge in [0, 0.05) is 12.0 Å². The molecule has 0 aliphatic rings. The molecule has 0 fully saturated rings. The molecule has 2 rings (SSSR count). The van der Waals surface area contributed by atoms with Crippen molar-refractivity contribution < 1.29 is 22.7 Å². The maximum atomic E-state index is 12.1. The molecule has 0 saturated heterocycles. The number of benzene rings is 2. The molecular weight excluding hydrogens is 305 g/mol. The minimum atomic E-state index is -4.69. The Hall–Kier alpha value is -2.30. The van der Waals surface area contributed by atoms with Crippen molar-refractivity contribution in [2.45, 2.75) is 32.5 Å². The topological polar surface area (TPSA) is 26.3 Å². The summed E-state index contributed by atoms with van der Waals surface area (Å²) >= 11 is 0. The third-order valence-electron chi connectivity index (χ3n) is 3.39. The zero-order valence-corrected chi connectivity index (χ0v) is 12.7. The van der Waals surface area contributed by atoms with Gasteiger partial charge in [0.25, 0.3) is 0 Å². The SMILES string of the molecule is CCCCC(=O)c1ccc(-c2ccc(OC(F)(F)F)cc2)cc1. The van der Waals surface area contributed by atoms with Gasteiger partial charge in [0.1, 0.15) is 5.75 Å². The summed E-state index contributed by atoms with van der Waals surface area (Å²) in [7, 11) is 0. The first kappa shape index (κ1) is 17.1. The highest BCUT2D eigenvalue weighted by Crippen LogP contribution is 2.26. The van der Waals surface area contributed by atoms with E-state index in [0.29, 0.717) is 12.0 Å². The van der Waals surface area contributed by atoms with E-state index < -0.39 is 6.36 Å². The highest BCUT2D eigenvalue weighted by molar-refractivity contribution is 5.96. The van der Waals surface area contributed by atoms with Crippen molar-refractivity contribution in [1.29, 1.82) is 0 Å². The summed E-state index contributed by atoms with van der Waals surface area (Å²) in [4.78, 5) is 11.9. The van der Waals surface area contributed by atoms with Crippen molar-refractivity contribution in [1.82, 2.24) is 0 Å². The van der Waals surface area contributed by atoms with Gasteiger partial charge in [-0.05, 0) is 29.7 Å². The van der Waals surface area contributed by atoms with Crippen LogP contribution >= 0.6 is 0 Å². The molecule has 2 aromatic carbocycles. The number of hydrogen-bond donors (Lipinski definition) is 0. The number of rotatable bonds is 6. The second kappa shape index (κ2) is 7.31. The number of carbonyl (C=O) groups excluding carboxylic acids is 1. The number of ketones is 1. The molecule has 23 heavy (non-hydrogen) atoms. The Morgan fingerprint density at radius 1 is 0.957 bits per heavy atom. The molecule has 0 bridgehead atoms. The van der Waals surface area contributed by atoms with Crippen molar-refractivity contribution in [2.75, 3.05) is 0 Å². The fourth-order valence-electron chi connectivity index (χ4n) is 2.18. The summed E-state index contributed by atoms with van der Waals surface area (Å²) in [6, 6.07) is 12.7. The summed E-state index contributed by atoms with van der Waals surface area (Å²) in [6.45, 7) is 2.03. The van der Waals surface area contributed by atoms with Gasteiger partial charge in [-0.1, -0.05) is 49.7 Å². The van der Waals surface area contributed by atoms with Crippen LogP contribution in [0.1, 0.15) is 36.5 Å². The quantitative estimate of drug-likeness (QED) is 0.645. The van der Waals surface area contributed by atoms with Crippen LogP contribution in [-0.4, -0.2) is 12.1 Å². The van der Waals surface area contributed by atoms with Crippen molar-refractivity contribution in [3.05, 3.63) is 54.1 Å². The lowest BCUT2D eigenvalue weighted by Crippen LogP contribution is -2.16. The average Bonchev–Trinajstić information content (AvgIpc) is 2.52. The molecule has 2 aromatic rings. The first-order chi connectivity index (χ1) is 10.9. The van der Waals surface area contributed by atoms with Crippen LogP contribution in [0.25, 0.3) is 11.1 Å². The summed E-state index contributed by atoms with van der Waals surface area (Å²) in [6.07, 6.45) is -2.33. The Kier molecular flexibility index (Phi) is 5.42. The molecule has 0 heterocycles. The maximum Gasteiger partial charge on any atom is 0.573 e. The van der Waals surface area contributed by atoms with E-state index in [4.69, 9.17) is 0 Å². The minimum absolute atomic E-state index is 0.104. The van der Waals surface area contributed by atoms with Crippen LogP contribution in [0, 0.1) is 0 Å². The van der Waals surface area contributed by atoms with Crippen molar-refractivity contribution in [2.24, 2.45) is 0 Å². The third kappa shape index (κ3) is 5.13. The lowest BCUT2D eigenvalue weighted by Gasteiger charge is -2.09. The fraction of sp³-hybridized carbons (Fsp3) is 0.278. The summed E-state index contributed by atoms with van der Waals surface area (Å²) in [5.74, 6) is -0.153. The Morgan fingerprint density at radius 3 is 1.96 bits per heavy atom. The summed E-state index contributed by atoms with van der Waals surface area (Å²) < 4.78 is 40.2. The predicted molar refractivity (Wildman–Crippen MR) is 82.4 cm³/mol. The van der Waals surface area contributed by atoms with Gasteiger partial charge in [0.2, 0.25) is 0 Å². The van der Waals surface area contributed by atoms with Crippen LogP contribution in [-0.2, 0) is 0 Å². The molecule has 2 nitrogen and oxygen atoms in total. The largest absolute Gasteiger partial charge is 0.573 e. The number of Topliss-reactive ketones (excluding diaryl/α,β-unsaturated/α-hetero) is 1. The third-order valence-corrected chi connectivity index (χ3v) is 3.39. The van der Waals surface area contributed by atoms with Gasteiger partial charge in [0.15, 0.2) is 5.78 Å². The second-order valence-electron chi connectivity index (χ2n) is 5.18. The second-order valence-corrected chi connectivity index (χ2v) is 5.18. The van der Waals surface area contributed by atoms with Gasteiger partial charge in [0.05, 0.1) is 0 Å². The Bertz CT molecular complexity index is 643. The van der Waals surface area contributed by atoms with Crippen molar-refractivity contribution in [3.8, 4) is 16.9 Å². The van der Waals surface area contributed by atoms with Crippen LogP contribution in [0.3, 0.4) is 0 Å². The van der Waals surface area contributed by atoms with Crippen LogP contribution in [0.5, 0.6) is 5.75 Å². The molecule has 0 amide bonds. The molecule has 0 saturated carbocycles. The van der Waals surface area contributed by atoms with E-state index in [-0.39, 0.29) is 11.5 Å². The molecule has 0 aliphatic heterocycles. The predicted octanol–water partition coefficient (Wildman–Crippen LogP) is 5.63. The van der Waals surface area contributed by atoms with E-state index in [1.165, 1.54) is 12.1 Å². The fourth-order valence-corrected chi connectivity index (χ4v) is 2.18. The normalized spacial score (nSPS) is 11.3. The molecular formula is C18H17F3O2. The van der Waals surface area contributed by atoms with E-state index >= 15 is 0 Å². The van der Waals surface area contributed by atoms with E-state index in [9.17, 15) is 18.0 Å². The highest BCUT2D eigenvalue weighted by Gasteiger charge is 2.30. The highest BCUT2D eigenvalue weighted by atomic mass is 19.4. The maximum absolute atomic E-state index is 12.1. The van der Waals surface area contributed by atoms with Crippen molar-refractivity contribution in [3.63, 3.8) is 0 Å². The molecule has 0 aliphatic carbocycles. The number of ether oxygens (including phenoxy) is 1. The molecule has 0 aromatic heterocycles. The molecule has 122 valence electrons. The minimum Gasteiger partial charge on any atom is -0.406 e. The number of hydrogen-bond acceptors (Lipinski definition) is 2. The lowest BCUT2D eigenvalue weighted by atomic mass is 10.0. The summed E-state index contributed by atoms with van der Waals surface area (Å²) in [5.41, 5.74) is 2.24. The van der Waals surface area contributed by atoms with Gasteiger partial charge in [-0.2, -0.15) is 0 Å². The molecule has 0 N–H and O–H groups in total. The first-order valence-corrected chi connectivity index (χ1v) is 7.38. The lowest BCUT2D eigenvalue weighted by molar-refractivity contribution is -0.274. The van der Waals surface area contributed by atoms with E-state index in [1.54, 1.807) is 36.4 Å². The smallest absolute Gasteiger partial charge is 0.406 e. The number of alkyl halides is 3. The van der Waals surface area contributed by atoms with Gasteiger partial charge in [-0.25, -0.2) is 0 Å². The van der Waals surface area contributed by atoms with E-state index in [2.05, 4.69) is 4.74 Å². The van der Waals surface area contributed by atoms with E-state index in [0.717, 1.165) is 24.0 Å². The zero-order chi connectivity index (χ0) is 16.9. The van der Waals surface area contributed by atoms with Crippen LogP contribution < -0.4 is 4.74 Å². The Labute approximate surface area is 132 Å². The molecule has 0 unspecified atom stereocenters. The number of halogens is 3. The Morgan fingerprint density at radius 2 is 1.48 bits per heavy atom. The van der Waals surface area contributed by atoms with Gasteiger partial charge in [-0.3, -0.25) is 4.79 Å². The Balaban J connectivity index is 2.09. The summed E-state index contributed by atoms with van der Waals surface area (Å²) in [5, 5.41) is 0. The van der Waals surface area contributed by atoms with Crippen LogP contribution in [0.4, 0.5) is 13.2 Å². The van der Waals surface area contributed by atoms with Gasteiger partial charge in [-0.15, -0.1) is 13.2 Å². The van der Waals surface area contributed by atoms with Crippen molar-refractivity contribution >= 4 is 5.78 Å². The molecule has 5 heteroatoms. The molecule has 0 spiro atoms. The van der Waals surface area contributed by atoms with E-state index in [1.807, 2.05) is 6.92 Å². The van der Waals surface area contributed by atoms with Gasteiger partial charge >= 0.3 is 6.36 Å². The standard InChI is InChI=1S/C18H17F3O2/c1-2-3-4-17(22)15-7-5-13(6-8-15)14-9-11-16(12-10-14)23-18(19,20)21/h5-12H,2-4H2,1H3. The monoisotopic (exact) mass is 322 g/mol. The molecule has 0 radical (unpaired) electrons. The number of carbonyl (C=O) groups is 1. The molecule has 0 atom stereocenters. The van der Waals surface area contributed by atoms with Gasteiger partial charge < -0.3 is 4.74 Å². The first-order valence-electron chi connectivity index (χ1n) is 7.38. The number of unbranched alkanes of at least 4 members (excludes halogenated alkanes) is 1.